The van der Waals surface area contributed by atoms with Gasteiger partial charge in [0.05, 0.1) is 11.3 Å². The van der Waals surface area contributed by atoms with Crippen molar-refractivity contribution >= 4 is 34.2 Å². The summed E-state index contributed by atoms with van der Waals surface area (Å²) in [6, 6.07) is 14.5. The highest BCUT2D eigenvalue weighted by atomic mass is 35.5. The van der Waals surface area contributed by atoms with Gasteiger partial charge < -0.3 is 9.15 Å². The summed E-state index contributed by atoms with van der Waals surface area (Å²) in [5.74, 6) is 1.33. The smallest absolute Gasteiger partial charge is 0.247 e. The molecule has 1 heterocycles. The highest BCUT2D eigenvalue weighted by Gasteiger charge is 2.17. The van der Waals surface area contributed by atoms with Gasteiger partial charge in [0.1, 0.15) is 17.4 Å². The van der Waals surface area contributed by atoms with Crippen molar-refractivity contribution in [3.8, 4) is 17.6 Å². The van der Waals surface area contributed by atoms with E-state index in [9.17, 15) is 5.26 Å². The summed E-state index contributed by atoms with van der Waals surface area (Å²) < 4.78 is 11.3. The zero-order valence-electron chi connectivity index (χ0n) is 10.8. The van der Waals surface area contributed by atoms with Gasteiger partial charge in [-0.05, 0) is 30.3 Å². The van der Waals surface area contributed by atoms with E-state index in [1.807, 2.05) is 24.3 Å². The third-order valence-electron chi connectivity index (χ3n) is 3.03. The van der Waals surface area contributed by atoms with Gasteiger partial charge in [-0.2, -0.15) is 5.26 Å². The minimum Gasteiger partial charge on any atom is -0.452 e. The molecule has 0 radical (unpaired) electrons. The minimum absolute atomic E-state index is 0.131. The van der Waals surface area contributed by atoms with Gasteiger partial charge in [0.25, 0.3) is 0 Å². The van der Waals surface area contributed by atoms with Crippen LogP contribution >= 0.6 is 23.2 Å². The first kappa shape index (κ1) is 13.8. The second kappa shape index (κ2) is 5.69. The molecule has 0 saturated heterocycles. The van der Waals surface area contributed by atoms with Gasteiger partial charge in [0.2, 0.25) is 5.76 Å². The first-order valence-corrected chi connectivity index (χ1v) is 7.08. The maximum absolute atomic E-state index is 9.20. The molecule has 21 heavy (non-hydrogen) atoms. The van der Waals surface area contributed by atoms with Crippen LogP contribution in [-0.2, 0) is 5.88 Å². The second-order valence-corrected chi connectivity index (χ2v) is 5.06. The quantitative estimate of drug-likeness (QED) is 0.600. The van der Waals surface area contributed by atoms with Crippen LogP contribution in [0.5, 0.6) is 11.5 Å². The lowest BCUT2D eigenvalue weighted by atomic mass is 10.2. The summed E-state index contributed by atoms with van der Waals surface area (Å²) in [6.07, 6.45) is 0. The number of alkyl halides is 1. The average Bonchev–Trinajstić information content (AvgIpc) is 2.87. The Hall–Kier alpha value is -2.15. The fraction of sp³-hybridized carbons (Fsp3) is 0.0625. The molecule has 0 amide bonds. The van der Waals surface area contributed by atoms with Crippen molar-refractivity contribution in [1.82, 2.24) is 0 Å². The Kier molecular flexibility index (Phi) is 3.74. The summed E-state index contributed by atoms with van der Waals surface area (Å²) in [4.78, 5) is 0. The van der Waals surface area contributed by atoms with E-state index in [2.05, 4.69) is 0 Å². The van der Waals surface area contributed by atoms with E-state index in [1.165, 1.54) is 0 Å². The molecule has 2 aromatic carbocycles. The lowest BCUT2D eigenvalue weighted by molar-refractivity contribution is 0.463. The molecule has 0 aliphatic rings. The molecule has 0 aliphatic carbocycles. The molecular formula is C16H9Cl2NO2. The van der Waals surface area contributed by atoms with Gasteiger partial charge in [-0.25, -0.2) is 0 Å². The van der Waals surface area contributed by atoms with Crippen molar-refractivity contribution in [1.29, 1.82) is 5.26 Å². The maximum atomic E-state index is 9.20. The molecule has 0 fully saturated rings. The number of halogens is 2. The van der Waals surface area contributed by atoms with Crippen LogP contribution in [0.4, 0.5) is 0 Å². The summed E-state index contributed by atoms with van der Waals surface area (Å²) in [5, 5.41) is 10.5. The topological polar surface area (TPSA) is 46.2 Å². The lowest BCUT2D eigenvalue weighted by Crippen LogP contribution is -1.90. The number of ether oxygens (including phenoxy) is 1. The van der Waals surface area contributed by atoms with E-state index >= 15 is 0 Å². The van der Waals surface area contributed by atoms with E-state index in [0.29, 0.717) is 22.1 Å². The highest BCUT2D eigenvalue weighted by molar-refractivity contribution is 6.30. The number of benzene rings is 2. The zero-order chi connectivity index (χ0) is 14.8. The van der Waals surface area contributed by atoms with Crippen LogP contribution in [0.3, 0.4) is 0 Å². The Morgan fingerprint density at radius 2 is 2.00 bits per heavy atom. The van der Waals surface area contributed by atoms with Crippen molar-refractivity contribution < 1.29 is 9.15 Å². The largest absolute Gasteiger partial charge is 0.452 e. The van der Waals surface area contributed by atoms with Crippen molar-refractivity contribution in [3.63, 3.8) is 0 Å². The number of nitrogens with zero attached hydrogens (tertiary/aromatic N) is 1. The van der Waals surface area contributed by atoms with Gasteiger partial charge in [-0.15, -0.1) is 11.6 Å². The summed E-state index contributed by atoms with van der Waals surface area (Å²) >= 11 is 11.9. The van der Waals surface area contributed by atoms with E-state index in [1.54, 1.807) is 24.3 Å². The molecule has 0 unspecified atom stereocenters. The standard InChI is InChI=1S/C16H9Cl2NO2/c17-8-10-7-11(18)5-6-13(10)21-16-12-3-1-2-4-14(12)20-15(16)9-19/h1-7H,8H2. The predicted molar refractivity (Wildman–Crippen MR) is 82.0 cm³/mol. The number of nitriles is 1. The molecule has 3 rings (SSSR count). The van der Waals surface area contributed by atoms with E-state index < -0.39 is 0 Å². The van der Waals surface area contributed by atoms with Crippen LogP contribution in [0.25, 0.3) is 11.0 Å². The summed E-state index contributed by atoms with van der Waals surface area (Å²) in [6.45, 7) is 0. The third-order valence-corrected chi connectivity index (χ3v) is 3.55. The number of hydrogen-bond donors (Lipinski definition) is 0. The Morgan fingerprint density at radius 1 is 1.19 bits per heavy atom. The molecule has 5 heteroatoms. The molecule has 104 valence electrons. The second-order valence-electron chi connectivity index (χ2n) is 4.36. The normalized spacial score (nSPS) is 10.5. The maximum Gasteiger partial charge on any atom is 0.247 e. The Labute approximate surface area is 131 Å². The molecule has 0 spiro atoms. The van der Waals surface area contributed by atoms with Crippen molar-refractivity contribution in [2.75, 3.05) is 0 Å². The predicted octanol–water partition coefficient (Wildman–Crippen LogP) is 5.49. The zero-order valence-corrected chi connectivity index (χ0v) is 12.3. The lowest BCUT2D eigenvalue weighted by Gasteiger charge is -2.09. The fourth-order valence-corrected chi connectivity index (χ4v) is 2.46. The van der Waals surface area contributed by atoms with Gasteiger partial charge in [-0.1, -0.05) is 23.7 Å². The Bertz CT molecular complexity index is 849. The van der Waals surface area contributed by atoms with Gasteiger partial charge in [0, 0.05) is 10.6 Å². The molecule has 0 saturated carbocycles. The molecule has 3 nitrogen and oxygen atoms in total. The Balaban J connectivity index is 2.12. The molecule has 0 atom stereocenters. The number of furan rings is 1. The first-order valence-electron chi connectivity index (χ1n) is 6.17. The molecule has 0 bridgehead atoms. The number of para-hydroxylation sites is 1. The summed E-state index contributed by atoms with van der Waals surface area (Å²) in [5.41, 5.74) is 1.35. The Morgan fingerprint density at radius 3 is 2.76 bits per heavy atom. The first-order chi connectivity index (χ1) is 10.2. The number of fused-ring (bicyclic) bond motifs is 1. The molecule has 3 aromatic rings. The molecule has 0 N–H and O–H groups in total. The van der Waals surface area contributed by atoms with Crippen LogP contribution in [0.1, 0.15) is 11.3 Å². The van der Waals surface area contributed by atoms with E-state index in [4.69, 9.17) is 32.4 Å². The van der Waals surface area contributed by atoms with Gasteiger partial charge >= 0.3 is 0 Å². The van der Waals surface area contributed by atoms with E-state index in [-0.39, 0.29) is 11.6 Å². The van der Waals surface area contributed by atoms with Gasteiger partial charge in [0.15, 0.2) is 5.75 Å². The molecule has 1 aromatic heterocycles. The molecule has 0 aliphatic heterocycles. The monoisotopic (exact) mass is 317 g/mol. The van der Waals surface area contributed by atoms with Gasteiger partial charge in [-0.3, -0.25) is 0 Å². The van der Waals surface area contributed by atoms with Crippen molar-refractivity contribution in [3.05, 3.63) is 58.8 Å². The summed E-state index contributed by atoms with van der Waals surface area (Å²) in [7, 11) is 0. The highest BCUT2D eigenvalue weighted by Crippen LogP contribution is 2.37. The third kappa shape index (κ3) is 2.56. The van der Waals surface area contributed by atoms with Crippen molar-refractivity contribution in [2.45, 2.75) is 5.88 Å². The van der Waals surface area contributed by atoms with E-state index in [0.717, 1.165) is 10.9 Å². The molecular weight excluding hydrogens is 309 g/mol. The number of rotatable bonds is 3. The SMILES string of the molecule is N#Cc1oc2ccccc2c1Oc1ccc(Cl)cc1CCl. The minimum atomic E-state index is 0.131. The average molecular weight is 318 g/mol. The van der Waals surface area contributed by atoms with Crippen LogP contribution < -0.4 is 4.74 Å². The van der Waals surface area contributed by atoms with Crippen molar-refractivity contribution in [2.24, 2.45) is 0 Å². The van der Waals surface area contributed by atoms with Crippen LogP contribution in [0.2, 0.25) is 5.02 Å². The van der Waals surface area contributed by atoms with Crippen LogP contribution in [-0.4, -0.2) is 0 Å². The fourth-order valence-electron chi connectivity index (χ4n) is 2.06. The number of hydrogen-bond acceptors (Lipinski definition) is 3. The van der Waals surface area contributed by atoms with Crippen LogP contribution in [0, 0.1) is 11.3 Å². The van der Waals surface area contributed by atoms with Crippen LogP contribution in [0.15, 0.2) is 46.9 Å².